The molecule has 4 aromatic rings. The molecule has 1 saturated heterocycles. The number of amidine groups is 1. The van der Waals surface area contributed by atoms with Crippen molar-refractivity contribution >= 4 is 51.9 Å². The van der Waals surface area contributed by atoms with Crippen molar-refractivity contribution in [1.82, 2.24) is 0 Å². The number of para-hydroxylation sites is 3. The van der Waals surface area contributed by atoms with E-state index in [4.69, 9.17) is 14.5 Å². The average molecular weight is 564 g/mol. The van der Waals surface area contributed by atoms with E-state index in [9.17, 15) is 9.59 Å². The smallest absolute Gasteiger partial charge is 0.271 e. The lowest BCUT2D eigenvalue weighted by Gasteiger charge is -2.18. The predicted octanol–water partition coefficient (Wildman–Crippen LogP) is 7.14. The molecule has 0 aliphatic carbocycles. The van der Waals surface area contributed by atoms with Gasteiger partial charge in [-0.25, -0.2) is 4.99 Å². The molecule has 0 atom stereocenters. The van der Waals surface area contributed by atoms with E-state index < -0.39 is 0 Å². The van der Waals surface area contributed by atoms with Gasteiger partial charge in [0.05, 0.1) is 23.4 Å². The fraction of sp³-hybridized carbons (Fsp3) is 0.121. The molecule has 1 fully saturated rings. The van der Waals surface area contributed by atoms with E-state index >= 15 is 0 Å². The zero-order chi connectivity index (χ0) is 28.8. The summed E-state index contributed by atoms with van der Waals surface area (Å²) in [5, 5.41) is 3.37. The number of amides is 2. The van der Waals surface area contributed by atoms with Crippen LogP contribution in [-0.4, -0.2) is 30.7 Å². The summed E-state index contributed by atoms with van der Waals surface area (Å²) in [5.74, 6) is 0.432. The summed E-state index contributed by atoms with van der Waals surface area (Å²) in [5.41, 5.74) is 5.03. The number of aliphatic imine (C=N–C) groups is 1. The van der Waals surface area contributed by atoms with Crippen LogP contribution in [0.15, 0.2) is 107 Å². The topological polar surface area (TPSA) is 80.2 Å². The van der Waals surface area contributed by atoms with Crippen molar-refractivity contribution in [3.63, 3.8) is 0 Å². The van der Waals surface area contributed by atoms with Gasteiger partial charge in [-0.3, -0.25) is 14.5 Å². The van der Waals surface area contributed by atoms with Gasteiger partial charge in [-0.1, -0.05) is 60.7 Å². The minimum atomic E-state index is -0.283. The lowest BCUT2D eigenvalue weighted by atomic mass is 10.1. The second kappa shape index (κ2) is 12.6. The summed E-state index contributed by atoms with van der Waals surface area (Å²) in [6.07, 6.45) is 1.81. The lowest BCUT2D eigenvalue weighted by Crippen LogP contribution is -2.29. The Balaban J connectivity index is 1.40. The van der Waals surface area contributed by atoms with Gasteiger partial charge in [0.15, 0.2) is 23.3 Å². The number of nitrogens with one attached hydrogen (secondary N) is 1. The third-order valence-electron chi connectivity index (χ3n) is 6.40. The highest BCUT2D eigenvalue weighted by Crippen LogP contribution is 2.39. The van der Waals surface area contributed by atoms with Crippen molar-refractivity contribution in [2.75, 3.05) is 23.9 Å². The third-order valence-corrected chi connectivity index (χ3v) is 7.36. The highest BCUT2D eigenvalue weighted by atomic mass is 32.2. The van der Waals surface area contributed by atoms with E-state index in [1.807, 2.05) is 92.7 Å². The van der Waals surface area contributed by atoms with Crippen LogP contribution in [0.2, 0.25) is 0 Å². The zero-order valence-electron chi connectivity index (χ0n) is 23.0. The number of rotatable bonds is 8. The van der Waals surface area contributed by atoms with Crippen molar-refractivity contribution in [3.8, 4) is 11.5 Å². The molecule has 0 aromatic heterocycles. The van der Waals surface area contributed by atoms with Crippen LogP contribution in [0.4, 0.5) is 17.1 Å². The molecule has 1 N–H and O–H groups in total. The summed E-state index contributed by atoms with van der Waals surface area (Å²) in [6, 6.07) is 30.1. The first-order chi connectivity index (χ1) is 19.9. The minimum Gasteiger partial charge on any atom is -0.493 e. The van der Waals surface area contributed by atoms with E-state index in [1.54, 1.807) is 29.2 Å². The number of ether oxygens (including phenoxy) is 2. The maximum atomic E-state index is 13.8. The van der Waals surface area contributed by atoms with E-state index in [2.05, 4.69) is 5.32 Å². The minimum absolute atomic E-state index is 0.159. The van der Waals surface area contributed by atoms with Gasteiger partial charge in [0.2, 0.25) is 0 Å². The molecular weight excluding hydrogens is 534 g/mol. The molecule has 206 valence electrons. The standard InChI is InChI=1S/C33H29N3O4S/c1-22-11-7-9-15-26(22)35-33-36(27-16-10-8-12-23(27)2)32(38)30(41-33)20-24-17-18-28(29(19-24)39-3)40-21-31(37)34-25-13-5-4-6-14-25/h4-20H,21H2,1-3H3,(H,34,37)/b30-20-,35-33?. The Hall–Kier alpha value is -4.82. The largest absolute Gasteiger partial charge is 0.493 e. The number of anilines is 2. The van der Waals surface area contributed by atoms with Gasteiger partial charge in [0.25, 0.3) is 11.8 Å². The normalized spacial score (nSPS) is 14.9. The average Bonchev–Trinajstić information content (AvgIpc) is 3.28. The van der Waals surface area contributed by atoms with Gasteiger partial charge >= 0.3 is 0 Å². The number of hydrogen-bond donors (Lipinski definition) is 1. The quantitative estimate of drug-likeness (QED) is 0.231. The van der Waals surface area contributed by atoms with Crippen LogP contribution in [0.1, 0.15) is 16.7 Å². The van der Waals surface area contributed by atoms with Gasteiger partial charge in [-0.05, 0) is 84.8 Å². The molecule has 1 aliphatic rings. The van der Waals surface area contributed by atoms with Crippen molar-refractivity contribution in [3.05, 3.63) is 119 Å². The summed E-state index contributed by atoms with van der Waals surface area (Å²) >= 11 is 1.32. The van der Waals surface area contributed by atoms with Crippen molar-refractivity contribution < 1.29 is 19.1 Å². The molecule has 41 heavy (non-hydrogen) atoms. The number of hydrogen-bond acceptors (Lipinski definition) is 6. The molecular formula is C33H29N3O4S. The van der Waals surface area contributed by atoms with Crippen LogP contribution >= 0.6 is 11.8 Å². The predicted molar refractivity (Wildman–Crippen MR) is 166 cm³/mol. The Kier molecular flexibility index (Phi) is 8.50. The molecule has 0 unspecified atom stereocenters. The van der Waals surface area contributed by atoms with Crippen LogP contribution < -0.4 is 19.7 Å². The summed E-state index contributed by atoms with van der Waals surface area (Å²) in [7, 11) is 1.53. The van der Waals surface area contributed by atoms with Crippen LogP contribution in [-0.2, 0) is 9.59 Å². The maximum absolute atomic E-state index is 13.8. The number of benzene rings is 4. The Bertz CT molecular complexity index is 1650. The number of methoxy groups -OCH3 is 1. The third kappa shape index (κ3) is 6.50. The molecule has 4 aromatic carbocycles. The fourth-order valence-corrected chi connectivity index (χ4v) is 5.26. The molecule has 7 nitrogen and oxygen atoms in total. The number of carbonyl (C=O) groups excluding carboxylic acids is 2. The highest BCUT2D eigenvalue weighted by Gasteiger charge is 2.35. The van der Waals surface area contributed by atoms with E-state index in [0.717, 1.165) is 28.1 Å². The van der Waals surface area contributed by atoms with E-state index in [0.29, 0.717) is 27.3 Å². The Morgan fingerprint density at radius 2 is 1.61 bits per heavy atom. The van der Waals surface area contributed by atoms with Gasteiger partial charge in [0, 0.05) is 5.69 Å². The van der Waals surface area contributed by atoms with Crippen molar-refractivity contribution in [2.45, 2.75) is 13.8 Å². The molecule has 1 aliphatic heterocycles. The molecule has 1 heterocycles. The summed E-state index contributed by atoms with van der Waals surface area (Å²) < 4.78 is 11.3. The molecule has 5 rings (SSSR count). The SMILES string of the molecule is COc1cc(/C=C2\SC(=Nc3ccccc3C)N(c3ccccc3C)C2=O)ccc1OCC(=O)Nc1ccccc1. The van der Waals surface area contributed by atoms with E-state index in [-0.39, 0.29) is 18.4 Å². The molecule has 0 spiro atoms. The molecule has 2 amide bonds. The first-order valence-corrected chi connectivity index (χ1v) is 13.8. The van der Waals surface area contributed by atoms with Crippen LogP contribution in [0.3, 0.4) is 0 Å². The second-order valence-corrected chi connectivity index (χ2v) is 10.3. The lowest BCUT2D eigenvalue weighted by molar-refractivity contribution is -0.118. The van der Waals surface area contributed by atoms with Crippen LogP contribution in [0.25, 0.3) is 6.08 Å². The summed E-state index contributed by atoms with van der Waals surface area (Å²) in [4.78, 5) is 33.2. The molecule has 8 heteroatoms. The number of aryl methyl sites for hydroxylation is 2. The van der Waals surface area contributed by atoms with Gasteiger partial charge in [0.1, 0.15) is 0 Å². The van der Waals surface area contributed by atoms with Crippen LogP contribution in [0, 0.1) is 13.8 Å². The summed E-state index contributed by atoms with van der Waals surface area (Å²) in [6.45, 7) is 3.80. The van der Waals surface area contributed by atoms with Gasteiger partial charge < -0.3 is 14.8 Å². The fourth-order valence-electron chi connectivity index (χ4n) is 4.27. The van der Waals surface area contributed by atoms with E-state index in [1.165, 1.54) is 18.9 Å². The van der Waals surface area contributed by atoms with Crippen molar-refractivity contribution in [2.24, 2.45) is 4.99 Å². The number of nitrogens with zero attached hydrogens (tertiary/aromatic N) is 2. The monoisotopic (exact) mass is 563 g/mol. The van der Waals surface area contributed by atoms with Crippen molar-refractivity contribution in [1.29, 1.82) is 0 Å². The highest BCUT2D eigenvalue weighted by molar-refractivity contribution is 8.19. The Labute approximate surface area is 243 Å². The van der Waals surface area contributed by atoms with Crippen LogP contribution in [0.5, 0.6) is 11.5 Å². The number of carbonyl (C=O) groups is 2. The molecule has 0 saturated carbocycles. The molecule has 0 radical (unpaired) electrons. The second-order valence-electron chi connectivity index (χ2n) is 9.33. The van der Waals surface area contributed by atoms with Gasteiger partial charge in [-0.15, -0.1) is 0 Å². The first-order valence-electron chi connectivity index (χ1n) is 13.0. The number of thioether (sulfide) groups is 1. The maximum Gasteiger partial charge on any atom is 0.271 e. The Morgan fingerprint density at radius 3 is 2.34 bits per heavy atom. The molecule has 0 bridgehead atoms. The zero-order valence-corrected chi connectivity index (χ0v) is 23.8. The van der Waals surface area contributed by atoms with Gasteiger partial charge in [-0.2, -0.15) is 0 Å². The first kappa shape index (κ1) is 27.7. The Morgan fingerprint density at radius 1 is 0.902 bits per heavy atom.